The molecule has 0 heterocycles. The maximum atomic E-state index is 11.9. The molecule has 1 amide bonds. The summed E-state index contributed by atoms with van der Waals surface area (Å²) in [5, 5.41) is 12.0. The van der Waals surface area contributed by atoms with Gasteiger partial charge in [-0.25, -0.2) is 0 Å². The molecule has 1 aromatic rings. The first-order valence-corrected chi connectivity index (χ1v) is 5.99. The van der Waals surface area contributed by atoms with Gasteiger partial charge in [-0.3, -0.25) is 4.79 Å². The molecule has 94 valence electrons. The molecule has 1 aromatic carbocycles. The Labute approximate surface area is 103 Å². The maximum Gasteiger partial charge on any atom is 0.229 e. The first-order chi connectivity index (χ1) is 7.99. The molecular formula is C14H21NO2. The highest BCUT2D eigenvalue weighted by molar-refractivity contribution is 5.93. The number of rotatable bonds is 4. The van der Waals surface area contributed by atoms with Gasteiger partial charge in [-0.15, -0.1) is 0 Å². The van der Waals surface area contributed by atoms with Gasteiger partial charge in [-0.05, 0) is 49.9 Å². The van der Waals surface area contributed by atoms with E-state index in [1.807, 2.05) is 26.8 Å². The maximum absolute atomic E-state index is 11.9. The lowest BCUT2D eigenvalue weighted by Gasteiger charge is -2.15. The molecule has 1 unspecified atom stereocenters. The van der Waals surface area contributed by atoms with Crippen LogP contribution in [0, 0.1) is 26.7 Å². The number of anilines is 1. The third kappa shape index (κ3) is 3.30. The number of hydrogen-bond acceptors (Lipinski definition) is 2. The number of hydrogen-bond donors (Lipinski definition) is 2. The van der Waals surface area contributed by atoms with Crippen LogP contribution in [0.5, 0.6) is 0 Å². The second-order valence-electron chi connectivity index (χ2n) is 4.53. The van der Waals surface area contributed by atoms with Crippen molar-refractivity contribution in [3.63, 3.8) is 0 Å². The van der Waals surface area contributed by atoms with Gasteiger partial charge in [0.2, 0.25) is 5.91 Å². The van der Waals surface area contributed by atoms with Crippen molar-refractivity contribution >= 4 is 11.6 Å². The van der Waals surface area contributed by atoms with Crippen LogP contribution >= 0.6 is 0 Å². The van der Waals surface area contributed by atoms with E-state index < -0.39 is 0 Å². The van der Waals surface area contributed by atoms with Gasteiger partial charge < -0.3 is 10.4 Å². The normalized spacial score (nSPS) is 12.3. The van der Waals surface area contributed by atoms with Gasteiger partial charge in [0.15, 0.2) is 0 Å². The highest BCUT2D eigenvalue weighted by Crippen LogP contribution is 2.20. The molecule has 0 aliphatic carbocycles. The van der Waals surface area contributed by atoms with E-state index in [0.717, 1.165) is 16.8 Å². The van der Waals surface area contributed by atoms with Crippen molar-refractivity contribution in [2.75, 3.05) is 11.9 Å². The zero-order valence-corrected chi connectivity index (χ0v) is 11.0. The number of benzene rings is 1. The summed E-state index contributed by atoms with van der Waals surface area (Å²) < 4.78 is 0. The Kier molecular flexibility index (Phi) is 4.70. The summed E-state index contributed by atoms with van der Waals surface area (Å²) in [6.07, 6.45) is 0.645. The molecule has 0 aromatic heterocycles. The van der Waals surface area contributed by atoms with Gasteiger partial charge in [0.05, 0.1) is 12.5 Å². The number of carbonyl (C=O) groups excluding carboxylic acids is 1. The molecule has 1 rings (SSSR count). The molecule has 3 nitrogen and oxygen atoms in total. The van der Waals surface area contributed by atoms with Crippen molar-refractivity contribution in [3.8, 4) is 0 Å². The van der Waals surface area contributed by atoms with E-state index >= 15 is 0 Å². The van der Waals surface area contributed by atoms with Crippen LogP contribution in [-0.4, -0.2) is 17.6 Å². The molecule has 0 bridgehead atoms. The van der Waals surface area contributed by atoms with E-state index in [4.69, 9.17) is 5.11 Å². The van der Waals surface area contributed by atoms with Crippen molar-refractivity contribution in [1.82, 2.24) is 0 Å². The molecule has 0 spiro atoms. The monoisotopic (exact) mass is 235 g/mol. The van der Waals surface area contributed by atoms with Crippen LogP contribution in [0.4, 0.5) is 5.69 Å². The Balaban J connectivity index is 2.88. The van der Waals surface area contributed by atoms with Gasteiger partial charge >= 0.3 is 0 Å². The van der Waals surface area contributed by atoms with Gasteiger partial charge in [0.25, 0.3) is 0 Å². The number of aliphatic hydroxyl groups excluding tert-OH is 1. The average molecular weight is 235 g/mol. The van der Waals surface area contributed by atoms with Crippen LogP contribution in [-0.2, 0) is 4.79 Å². The Bertz CT molecular complexity index is 409. The highest BCUT2D eigenvalue weighted by atomic mass is 16.3. The molecule has 0 saturated heterocycles. The van der Waals surface area contributed by atoms with Crippen molar-refractivity contribution in [1.29, 1.82) is 0 Å². The van der Waals surface area contributed by atoms with Crippen LogP contribution < -0.4 is 5.32 Å². The van der Waals surface area contributed by atoms with Gasteiger partial charge in [-0.1, -0.05) is 13.0 Å². The van der Waals surface area contributed by atoms with Crippen LogP contribution in [0.25, 0.3) is 0 Å². The van der Waals surface area contributed by atoms with E-state index in [9.17, 15) is 4.79 Å². The van der Waals surface area contributed by atoms with E-state index in [1.54, 1.807) is 0 Å². The predicted molar refractivity (Wildman–Crippen MR) is 70.1 cm³/mol. The molecule has 17 heavy (non-hydrogen) atoms. The van der Waals surface area contributed by atoms with Crippen LogP contribution in [0.3, 0.4) is 0 Å². The van der Waals surface area contributed by atoms with E-state index in [0.29, 0.717) is 6.42 Å². The quantitative estimate of drug-likeness (QED) is 0.842. The van der Waals surface area contributed by atoms with Crippen LogP contribution in [0.2, 0.25) is 0 Å². The summed E-state index contributed by atoms with van der Waals surface area (Å²) in [6.45, 7) is 7.84. The van der Waals surface area contributed by atoms with Crippen molar-refractivity contribution < 1.29 is 9.90 Å². The fourth-order valence-corrected chi connectivity index (χ4v) is 1.73. The topological polar surface area (TPSA) is 49.3 Å². The second kappa shape index (κ2) is 5.82. The SMILES string of the molecule is CCC(CO)C(=O)Nc1cc(C)c(C)cc1C. The summed E-state index contributed by atoms with van der Waals surface area (Å²) in [4.78, 5) is 11.9. The molecule has 0 aliphatic rings. The molecule has 0 radical (unpaired) electrons. The van der Waals surface area contributed by atoms with E-state index in [-0.39, 0.29) is 18.4 Å². The number of carbonyl (C=O) groups is 1. The molecule has 0 fully saturated rings. The molecule has 3 heteroatoms. The molecule has 0 aliphatic heterocycles. The molecule has 0 saturated carbocycles. The zero-order chi connectivity index (χ0) is 13.0. The lowest BCUT2D eigenvalue weighted by Crippen LogP contribution is -2.25. The van der Waals surface area contributed by atoms with Crippen molar-refractivity contribution in [3.05, 3.63) is 28.8 Å². The van der Waals surface area contributed by atoms with Gasteiger partial charge in [0, 0.05) is 5.69 Å². The van der Waals surface area contributed by atoms with Crippen LogP contribution in [0.15, 0.2) is 12.1 Å². The van der Waals surface area contributed by atoms with Gasteiger partial charge in [-0.2, -0.15) is 0 Å². The Morgan fingerprint density at radius 1 is 1.24 bits per heavy atom. The van der Waals surface area contributed by atoms with Crippen LogP contribution in [0.1, 0.15) is 30.0 Å². The molecule has 2 N–H and O–H groups in total. The first kappa shape index (κ1) is 13.7. The number of aliphatic hydroxyl groups is 1. The smallest absolute Gasteiger partial charge is 0.229 e. The summed E-state index contributed by atoms with van der Waals surface area (Å²) in [5.74, 6) is -0.433. The molecule has 1 atom stereocenters. The minimum absolute atomic E-state index is 0.105. The van der Waals surface area contributed by atoms with E-state index in [2.05, 4.69) is 18.3 Å². The van der Waals surface area contributed by atoms with E-state index in [1.165, 1.54) is 5.56 Å². The first-order valence-electron chi connectivity index (χ1n) is 5.99. The second-order valence-corrected chi connectivity index (χ2v) is 4.53. The lowest BCUT2D eigenvalue weighted by atomic mass is 10.0. The third-order valence-corrected chi connectivity index (χ3v) is 3.18. The summed E-state index contributed by atoms with van der Waals surface area (Å²) >= 11 is 0. The predicted octanol–water partition coefficient (Wildman–Crippen LogP) is 2.57. The number of aryl methyl sites for hydroxylation is 3. The Morgan fingerprint density at radius 3 is 2.35 bits per heavy atom. The highest BCUT2D eigenvalue weighted by Gasteiger charge is 2.16. The van der Waals surface area contributed by atoms with Crippen molar-refractivity contribution in [2.24, 2.45) is 5.92 Å². The molecular weight excluding hydrogens is 214 g/mol. The minimum atomic E-state index is -0.323. The zero-order valence-electron chi connectivity index (χ0n) is 11.0. The summed E-state index contributed by atoms with van der Waals surface area (Å²) in [7, 11) is 0. The fourth-order valence-electron chi connectivity index (χ4n) is 1.73. The van der Waals surface area contributed by atoms with Crippen molar-refractivity contribution in [2.45, 2.75) is 34.1 Å². The lowest BCUT2D eigenvalue weighted by molar-refractivity contribution is -0.121. The standard InChI is InChI=1S/C14H21NO2/c1-5-12(8-16)14(17)15-13-7-10(3)9(2)6-11(13)4/h6-7,12,16H,5,8H2,1-4H3,(H,15,17). The van der Waals surface area contributed by atoms with Gasteiger partial charge in [0.1, 0.15) is 0 Å². The Morgan fingerprint density at radius 2 is 1.82 bits per heavy atom. The fraction of sp³-hybridized carbons (Fsp3) is 0.500. The Hall–Kier alpha value is -1.35. The number of nitrogens with one attached hydrogen (secondary N) is 1. The number of amides is 1. The summed E-state index contributed by atoms with van der Waals surface area (Å²) in [6, 6.07) is 4.04. The third-order valence-electron chi connectivity index (χ3n) is 3.18. The summed E-state index contributed by atoms with van der Waals surface area (Å²) in [5.41, 5.74) is 4.26. The average Bonchev–Trinajstić information content (AvgIpc) is 2.27. The minimum Gasteiger partial charge on any atom is -0.396 e. The largest absolute Gasteiger partial charge is 0.396 e.